The summed E-state index contributed by atoms with van der Waals surface area (Å²) < 4.78 is 6.35. The minimum atomic E-state index is -0.533. The fourth-order valence-corrected chi connectivity index (χ4v) is 2.25. The lowest BCUT2D eigenvalue weighted by molar-refractivity contribution is -0.105. The van der Waals surface area contributed by atoms with Crippen molar-refractivity contribution in [1.29, 1.82) is 0 Å². The number of esters is 1. The summed E-state index contributed by atoms with van der Waals surface area (Å²) in [6.45, 7) is 0. The summed E-state index contributed by atoms with van der Waals surface area (Å²) >= 11 is 6.11. The number of hydrogen-bond donors (Lipinski definition) is 1. The second-order valence-electron chi connectivity index (χ2n) is 3.67. The minimum Gasteiger partial charge on any atom is -0.464 e. The average molecular weight is 267 g/mol. The van der Waals surface area contributed by atoms with Gasteiger partial charge in [0.25, 0.3) is 0 Å². The molecule has 0 saturated carbocycles. The number of aryl methyl sites for hydroxylation is 1. The Kier molecular flexibility index (Phi) is 3.25. The van der Waals surface area contributed by atoms with Gasteiger partial charge in [0.15, 0.2) is 5.69 Å². The van der Waals surface area contributed by atoms with E-state index in [-0.39, 0.29) is 5.69 Å². The highest BCUT2D eigenvalue weighted by Gasteiger charge is 2.22. The van der Waals surface area contributed by atoms with Crippen LogP contribution in [0.15, 0.2) is 18.2 Å². The maximum Gasteiger partial charge on any atom is 0.356 e. The first-order valence-corrected chi connectivity index (χ1v) is 5.55. The molecule has 94 valence electrons. The molecule has 0 fully saturated rings. The smallest absolute Gasteiger partial charge is 0.356 e. The predicted octanol–water partition coefficient (Wildman–Crippen LogP) is 2.19. The number of carbonyl (C=O) groups excluding carboxylic acids is 2. The number of amides is 1. The molecule has 2 aromatic rings. The number of benzene rings is 1. The summed E-state index contributed by atoms with van der Waals surface area (Å²) in [5, 5.41) is 3.59. The van der Waals surface area contributed by atoms with Crippen LogP contribution in [-0.4, -0.2) is 24.1 Å². The molecule has 6 heteroatoms. The third-order valence-corrected chi connectivity index (χ3v) is 3.07. The predicted molar refractivity (Wildman–Crippen MR) is 69.0 cm³/mol. The zero-order chi connectivity index (χ0) is 13.3. The van der Waals surface area contributed by atoms with Crippen molar-refractivity contribution in [2.45, 2.75) is 0 Å². The molecule has 5 nitrogen and oxygen atoms in total. The number of nitrogens with one attached hydrogen (secondary N) is 1. The zero-order valence-electron chi connectivity index (χ0n) is 9.86. The number of ether oxygens (including phenoxy) is 1. The summed E-state index contributed by atoms with van der Waals surface area (Å²) in [5.41, 5.74) is 1.36. The van der Waals surface area contributed by atoms with Gasteiger partial charge in [-0.1, -0.05) is 17.7 Å². The Labute approximate surface area is 108 Å². The topological polar surface area (TPSA) is 60.3 Å². The number of aromatic nitrogens is 1. The van der Waals surface area contributed by atoms with Crippen LogP contribution in [0.2, 0.25) is 5.02 Å². The van der Waals surface area contributed by atoms with Crippen molar-refractivity contribution < 1.29 is 14.3 Å². The first kappa shape index (κ1) is 12.4. The molecule has 0 radical (unpaired) electrons. The third-order valence-electron chi connectivity index (χ3n) is 2.76. The summed E-state index contributed by atoms with van der Waals surface area (Å²) in [5.74, 6) is -0.533. The number of methoxy groups -OCH3 is 1. The van der Waals surface area contributed by atoms with Gasteiger partial charge in [-0.25, -0.2) is 4.79 Å². The first-order valence-electron chi connectivity index (χ1n) is 5.17. The average Bonchev–Trinajstić information content (AvgIpc) is 2.64. The number of nitrogens with zero attached hydrogens (tertiary/aromatic N) is 1. The van der Waals surface area contributed by atoms with E-state index in [2.05, 4.69) is 5.32 Å². The quantitative estimate of drug-likeness (QED) is 0.684. The highest BCUT2D eigenvalue weighted by Crippen LogP contribution is 2.35. The van der Waals surface area contributed by atoms with E-state index >= 15 is 0 Å². The Morgan fingerprint density at radius 3 is 2.83 bits per heavy atom. The van der Waals surface area contributed by atoms with Gasteiger partial charge >= 0.3 is 5.97 Å². The number of anilines is 1. The van der Waals surface area contributed by atoms with Crippen molar-refractivity contribution in [1.82, 2.24) is 4.57 Å². The van der Waals surface area contributed by atoms with E-state index in [0.29, 0.717) is 22.5 Å². The second kappa shape index (κ2) is 4.70. The van der Waals surface area contributed by atoms with Crippen molar-refractivity contribution in [3.63, 3.8) is 0 Å². The van der Waals surface area contributed by atoms with Crippen LogP contribution in [0.3, 0.4) is 0 Å². The van der Waals surface area contributed by atoms with Gasteiger partial charge in [-0.3, -0.25) is 4.79 Å². The summed E-state index contributed by atoms with van der Waals surface area (Å²) in [6, 6.07) is 5.28. The van der Waals surface area contributed by atoms with Crippen molar-refractivity contribution in [2.75, 3.05) is 12.4 Å². The molecule has 0 bridgehead atoms. The molecule has 0 saturated heterocycles. The second-order valence-corrected chi connectivity index (χ2v) is 4.08. The van der Waals surface area contributed by atoms with Crippen LogP contribution < -0.4 is 5.32 Å². The molecule has 1 amide bonds. The lowest BCUT2D eigenvalue weighted by Crippen LogP contribution is -2.10. The Hall–Kier alpha value is -2.01. The molecule has 1 aromatic carbocycles. The lowest BCUT2D eigenvalue weighted by atomic mass is 10.2. The molecule has 0 aliphatic carbocycles. The normalized spacial score (nSPS) is 10.4. The van der Waals surface area contributed by atoms with Crippen LogP contribution in [-0.2, 0) is 16.6 Å². The molecule has 2 rings (SSSR count). The number of carbonyl (C=O) groups is 2. The number of halogens is 1. The van der Waals surface area contributed by atoms with Gasteiger partial charge < -0.3 is 14.6 Å². The van der Waals surface area contributed by atoms with E-state index in [9.17, 15) is 9.59 Å². The van der Waals surface area contributed by atoms with Crippen molar-refractivity contribution >= 4 is 40.6 Å². The van der Waals surface area contributed by atoms with E-state index in [0.717, 1.165) is 5.52 Å². The zero-order valence-corrected chi connectivity index (χ0v) is 10.6. The first-order chi connectivity index (χ1) is 8.61. The number of rotatable bonds is 3. The van der Waals surface area contributed by atoms with Crippen molar-refractivity contribution in [3.8, 4) is 0 Å². The van der Waals surface area contributed by atoms with Crippen LogP contribution in [0.5, 0.6) is 0 Å². The van der Waals surface area contributed by atoms with Crippen LogP contribution in [0.4, 0.5) is 5.69 Å². The molecule has 0 spiro atoms. The van der Waals surface area contributed by atoms with E-state index in [1.807, 2.05) is 6.07 Å². The highest BCUT2D eigenvalue weighted by molar-refractivity contribution is 6.37. The monoisotopic (exact) mass is 266 g/mol. The Bertz CT molecular complexity index is 634. The molecular weight excluding hydrogens is 256 g/mol. The van der Waals surface area contributed by atoms with E-state index in [1.165, 1.54) is 7.11 Å². The SMILES string of the molecule is COC(=O)c1c(NC=O)c2c(Cl)cccc2n1C. The van der Waals surface area contributed by atoms with Gasteiger partial charge in [0.1, 0.15) is 0 Å². The summed E-state index contributed by atoms with van der Waals surface area (Å²) in [4.78, 5) is 22.5. The van der Waals surface area contributed by atoms with Crippen LogP contribution in [0.25, 0.3) is 10.9 Å². The van der Waals surface area contributed by atoms with Crippen LogP contribution in [0.1, 0.15) is 10.5 Å². The summed E-state index contributed by atoms with van der Waals surface area (Å²) in [7, 11) is 2.99. The molecule has 0 aliphatic heterocycles. The Balaban J connectivity index is 2.87. The molecule has 0 atom stereocenters. The molecule has 18 heavy (non-hydrogen) atoms. The van der Waals surface area contributed by atoms with Crippen LogP contribution >= 0.6 is 11.6 Å². The van der Waals surface area contributed by atoms with Gasteiger partial charge in [-0.2, -0.15) is 0 Å². The molecular formula is C12H11ClN2O3. The standard InChI is InChI=1S/C12H11ClN2O3/c1-15-8-5-3-4-7(13)9(8)10(14-6-16)11(15)12(17)18-2/h3-6H,1-2H3,(H,14,16). The number of hydrogen-bond acceptors (Lipinski definition) is 3. The molecule has 1 aromatic heterocycles. The number of fused-ring (bicyclic) bond motifs is 1. The van der Waals surface area contributed by atoms with Gasteiger partial charge in [-0.15, -0.1) is 0 Å². The van der Waals surface area contributed by atoms with Gasteiger partial charge in [0.05, 0.1) is 23.3 Å². The van der Waals surface area contributed by atoms with Crippen molar-refractivity contribution in [2.24, 2.45) is 7.05 Å². The fourth-order valence-electron chi connectivity index (χ4n) is 1.98. The molecule has 1 N–H and O–H groups in total. The molecule has 0 unspecified atom stereocenters. The van der Waals surface area contributed by atoms with Gasteiger partial charge in [0.2, 0.25) is 6.41 Å². The van der Waals surface area contributed by atoms with Crippen LogP contribution in [0, 0.1) is 0 Å². The van der Waals surface area contributed by atoms with Crippen molar-refractivity contribution in [3.05, 3.63) is 28.9 Å². The third kappa shape index (κ3) is 1.73. The maximum absolute atomic E-state index is 11.8. The highest BCUT2D eigenvalue weighted by atomic mass is 35.5. The largest absolute Gasteiger partial charge is 0.464 e. The molecule has 0 aliphatic rings. The lowest BCUT2D eigenvalue weighted by Gasteiger charge is -2.04. The molecule has 1 heterocycles. The Morgan fingerprint density at radius 1 is 1.50 bits per heavy atom. The minimum absolute atomic E-state index is 0.257. The van der Waals surface area contributed by atoms with E-state index in [4.69, 9.17) is 16.3 Å². The van der Waals surface area contributed by atoms with Gasteiger partial charge in [-0.05, 0) is 12.1 Å². The maximum atomic E-state index is 11.8. The summed E-state index contributed by atoms with van der Waals surface area (Å²) in [6.07, 6.45) is 0.505. The van der Waals surface area contributed by atoms with E-state index < -0.39 is 5.97 Å². The Morgan fingerprint density at radius 2 is 2.22 bits per heavy atom. The fraction of sp³-hybridized carbons (Fsp3) is 0.167. The van der Waals surface area contributed by atoms with Gasteiger partial charge in [0, 0.05) is 12.4 Å². The van der Waals surface area contributed by atoms with E-state index in [1.54, 1.807) is 23.7 Å².